The zero-order chi connectivity index (χ0) is 11.7. The van der Waals surface area contributed by atoms with E-state index >= 15 is 0 Å². The summed E-state index contributed by atoms with van der Waals surface area (Å²) in [6, 6.07) is 0. The number of hydrogen-bond acceptors (Lipinski definition) is 3. The van der Waals surface area contributed by atoms with Crippen LogP contribution in [0, 0.1) is 23.2 Å². The second-order valence-electron chi connectivity index (χ2n) is 5.27. The molecule has 4 aliphatic rings. The van der Waals surface area contributed by atoms with Gasteiger partial charge < -0.3 is 15.5 Å². The lowest BCUT2D eigenvalue weighted by atomic mass is 9.88. The quantitative estimate of drug-likeness (QED) is 0.634. The summed E-state index contributed by atoms with van der Waals surface area (Å²) < 4.78 is 0. The van der Waals surface area contributed by atoms with Gasteiger partial charge in [-0.05, 0) is 31.2 Å². The Morgan fingerprint density at radius 1 is 1.38 bits per heavy atom. The van der Waals surface area contributed by atoms with Crippen LogP contribution in [-0.2, 0) is 9.59 Å². The number of likely N-dealkylation sites (N-methyl/N-ethyl adjacent to an activating group) is 1. The van der Waals surface area contributed by atoms with Crippen molar-refractivity contribution in [3.8, 4) is 0 Å². The summed E-state index contributed by atoms with van der Waals surface area (Å²) in [5.41, 5.74) is -1.68. The molecule has 0 aromatic heterocycles. The molecule has 0 aliphatic heterocycles. The van der Waals surface area contributed by atoms with Gasteiger partial charge in [0.15, 0.2) is 0 Å². The van der Waals surface area contributed by atoms with E-state index in [9.17, 15) is 19.8 Å². The average Bonchev–Trinajstić information content (AvgIpc) is 2.58. The number of carbonyl (C=O) groups is 2. The molecule has 0 aromatic carbocycles. The van der Waals surface area contributed by atoms with Crippen molar-refractivity contribution in [3.63, 3.8) is 0 Å². The summed E-state index contributed by atoms with van der Waals surface area (Å²) in [5, 5.41) is 21.8. The van der Waals surface area contributed by atoms with Crippen LogP contribution in [0.3, 0.4) is 0 Å². The van der Waals surface area contributed by atoms with E-state index in [-0.39, 0.29) is 17.8 Å². The van der Waals surface area contributed by atoms with E-state index in [0.717, 1.165) is 6.42 Å². The molecule has 16 heavy (non-hydrogen) atoms. The Morgan fingerprint density at radius 2 is 2.06 bits per heavy atom. The second kappa shape index (κ2) is 2.59. The van der Waals surface area contributed by atoms with Crippen LogP contribution in [0.1, 0.15) is 19.8 Å². The fourth-order valence-electron chi connectivity index (χ4n) is 4.57. The van der Waals surface area contributed by atoms with Gasteiger partial charge in [-0.3, -0.25) is 9.59 Å². The number of carboxylic acids is 2. The lowest BCUT2D eigenvalue weighted by Gasteiger charge is -2.29. The zero-order valence-corrected chi connectivity index (χ0v) is 9.06. The molecule has 0 aromatic rings. The van der Waals surface area contributed by atoms with Crippen molar-refractivity contribution in [2.24, 2.45) is 23.2 Å². The van der Waals surface area contributed by atoms with Gasteiger partial charge in [0.2, 0.25) is 0 Å². The zero-order valence-electron chi connectivity index (χ0n) is 9.06. The third kappa shape index (κ3) is 0.734. The molecule has 5 unspecified atom stereocenters. The van der Waals surface area contributed by atoms with E-state index < -0.39 is 22.9 Å². The number of aliphatic carboxylic acids is 2. The molecule has 88 valence electrons. The minimum absolute atomic E-state index is 0.00366. The van der Waals surface area contributed by atoms with Gasteiger partial charge in [-0.25, -0.2) is 0 Å². The Kier molecular flexibility index (Phi) is 1.63. The van der Waals surface area contributed by atoms with Crippen LogP contribution in [0.15, 0.2) is 0 Å². The number of nitrogens with one attached hydrogen (secondary N) is 1. The van der Waals surface area contributed by atoms with E-state index in [2.05, 4.69) is 5.32 Å². The van der Waals surface area contributed by atoms with Crippen molar-refractivity contribution in [1.29, 1.82) is 0 Å². The van der Waals surface area contributed by atoms with Gasteiger partial charge in [-0.2, -0.15) is 0 Å². The normalized spacial score (nSPS) is 51.7. The van der Waals surface area contributed by atoms with Crippen LogP contribution in [-0.4, -0.2) is 34.2 Å². The summed E-state index contributed by atoms with van der Waals surface area (Å²) in [7, 11) is 0. The van der Waals surface area contributed by atoms with Crippen molar-refractivity contribution in [2.75, 3.05) is 6.54 Å². The predicted molar refractivity (Wildman–Crippen MR) is 53.8 cm³/mol. The predicted octanol–water partition coefficient (Wildman–Crippen LogP) is 0.160. The van der Waals surface area contributed by atoms with Gasteiger partial charge in [0.05, 0.1) is 5.41 Å². The van der Waals surface area contributed by atoms with Gasteiger partial charge >= 0.3 is 11.9 Å². The van der Waals surface area contributed by atoms with E-state index in [1.807, 2.05) is 6.92 Å². The molecular weight excluding hydrogens is 210 g/mol. The highest BCUT2D eigenvalue weighted by Gasteiger charge is 2.89. The van der Waals surface area contributed by atoms with E-state index in [1.54, 1.807) is 0 Å². The minimum atomic E-state index is -0.961. The monoisotopic (exact) mass is 225 g/mol. The number of rotatable bonds is 4. The lowest BCUT2D eigenvalue weighted by molar-refractivity contribution is -0.147. The maximum absolute atomic E-state index is 11.5. The molecule has 3 N–H and O–H groups in total. The van der Waals surface area contributed by atoms with Crippen LogP contribution in [0.25, 0.3) is 0 Å². The van der Waals surface area contributed by atoms with Gasteiger partial charge in [-0.15, -0.1) is 0 Å². The Hall–Kier alpha value is -1.10. The van der Waals surface area contributed by atoms with Crippen molar-refractivity contribution < 1.29 is 19.8 Å². The average molecular weight is 225 g/mol. The SMILES string of the molecule is CCNC1(C(=O)O)C2CC3C1C3(C(=O)O)C2. The van der Waals surface area contributed by atoms with Crippen LogP contribution in [0.2, 0.25) is 0 Å². The number of carboxylic acid groups (broad SMARTS) is 2. The molecule has 5 heteroatoms. The summed E-state index contributed by atoms with van der Waals surface area (Å²) in [6.07, 6.45) is 1.30. The topological polar surface area (TPSA) is 86.6 Å². The van der Waals surface area contributed by atoms with Crippen LogP contribution in [0.5, 0.6) is 0 Å². The summed E-state index contributed by atoms with van der Waals surface area (Å²) in [4.78, 5) is 22.8. The highest BCUT2D eigenvalue weighted by Crippen LogP contribution is 2.82. The third-order valence-electron chi connectivity index (χ3n) is 4.99. The summed E-state index contributed by atoms with van der Waals surface area (Å²) >= 11 is 0. The molecular formula is C11H15NO4. The molecule has 4 fully saturated rings. The fourth-order valence-corrected chi connectivity index (χ4v) is 4.57. The van der Waals surface area contributed by atoms with E-state index in [0.29, 0.717) is 13.0 Å². The van der Waals surface area contributed by atoms with Crippen LogP contribution in [0.4, 0.5) is 0 Å². The molecule has 5 atom stereocenters. The molecule has 0 amide bonds. The smallest absolute Gasteiger partial charge is 0.324 e. The first-order valence-electron chi connectivity index (χ1n) is 5.73. The highest BCUT2D eigenvalue weighted by atomic mass is 16.4. The first-order valence-corrected chi connectivity index (χ1v) is 5.73. The third-order valence-corrected chi connectivity index (χ3v) is 4.99. The largest absolute Gasteiger partial charge is 0.481 e. The van der Waals surface area contributed by atoms with Crippen molar-refractivity contribution in [1.82, 2.24) is 5.32 Å². The van der Waals surface area contributed by atoms with Gasteiger partial charge in [0.1, 0.15) is 5.54 Å². The molecule has 4 aliphatic carbocycles. The van der Waals surface area contributed by atoms with E-state index in [1.165, 1.54) is 0 Å². The first kappa shape index (κ1) is 10.1. The Morgan fingerprint density at radius 3 is 2.44 bits per heavy atom. The molecule has 4 bridgehead atoms. The van der Waals surface area contributed by atoms with Crippen molar-refractivity contribution in [3.05, 3.63) is 0 Å². The lowest BCUT2D eigenvalue weighted by Crippen LogP contribution is -2.55. The molecule has 0 heterocycles. The Bertz CT molecular complexity index is 395. The fraction of sp³-hybridized carbons (Fsp3) is 0.818. The highest BCUT2D eigenvalue weighted by molar-refractivity contribution is 5.91. The van der Waals surface area contributed by atoms with Crippen molar-refractivity contribution >= 4 is 11.9 Å². The first-order chi connectivity index (χ1) is 7.51. The molecule has 0 spiro atoms. The molecule has 0 radical (unpaired) electrons. The standard InChI is InChI=1S/C11H15NO4/c1-2-12-11(9(15)16)5-3-6-7(11)10(6,4-5)8(13)14/h5-7,12H,2-4H2,1H3,(H,13,14)(H,15,16). The van der Waals surface area contributed by atoms with Crippen LogP contribution < -0.4 is 5.32 Å². The summed E-state index contributed by atoms with van der Waals surface area (Å²) in [5.74, 6) is -1.78. The Balaban J connectivity index is 2.02. The maximum atomic E-state index is 11.5. The summed E-state index contributed by atoms with van der Waals surface area (Å²) in [6.45, 7) is 2.44. The number of hydrogen-bond donors (Lipinski definition) is 3. The Labute approximate surface area is 92.8 Å². The van der Waals surface area contributed by atoms with Crippen molar-refractivity contribution in [2.45, 2.75) is 25.3 Å². The molecule has 4 saturated carbocycles. The van der Waals surface area contributed by atoms with Gasteiger partial charge in [0.25, 0.3) is 0 Å². The molecule has 4 rings (SSSR count). The van der Waals surface area contributed by atoms with Gasteiger partial charge in [0, 0.05) is 5.92 Å². The van der Waals surface area contributed by atoms with Gasteiger partial charge in [-0.1, -0.05) is 6.92 Å². The maximum Gasteiger partial charge on any atom is 0.324 e. The second-order valence-corrected chi connectivity index (χ2v) is 5.27. The minimum Gasteiger partial charge on any atom is -0.481 e. The van der Waals surface area contributed by atoms with E-state index in [4.69, 9.17) is 0 Å². The molecule has 0 saturated heterocycles. The molecule has 5 nitrogen and oxygen atoms in total. The van der Waals surface area contributed by atoms with Crippen LogP contribution >= 0.6 is 0 Å².